The maximum Gasteiger partial charge on any atom is 0.221 e. The average Bonchev–Trinajstić information content (AvgIpc) is 2.46. The molecule has 0 heterocycles. The molecular formula is C15H21FN2O3S. The van der Waals surface area contributed by atoms with Crippen molar-refractivity contribution in [2.75, 3.05) is 19.8 Å². The summed E-state index contributed by atoms with van der Waals surface area (Å²) in [6, 6.07) is 4.39. The minimum absolute atomic E-state index is 0.0956. The van der Waals surface area contributed by atoms with Gasteiger partial charge in [0.25, 0.3) is 0 Å². The molecule has 0 saturated heterocycles. The Labute approximate surface area is 130 Å². The SMILES string of the molecule is CN(C)S(=O)(=O)CCC(=O)NC1CCCc2ccc(F)cc21. The predicted octanol–water partition coefficient (Wildman–Crippen LogP) is 1.60. The van der Waals surface area contributed by atoms with Crippen molar-refractivity contribution in [3.05, 3.63) is 35.1 Å². The van der Waals surface area contributed by atoms with Crippen molar-refractivity contribution in [3.63, 3.8) is 0 Å². The van der Waals surface area contributed by atoms with Crippen LogP contribution in [-0.2, 0) is 21.2 Å². The highest BCUT2D eigenvalue weighted by Gasteiger charge is 2.23. The second-order valence-corrected chi connectivity index (χ2v) is 8.01. The van der Waals surface area contributed by atoms with Gasteiger partial charge in [-0.25, -0.2) is 17.1 Å². The van der Waals surface area contributed by atoms with Gasteiger partial charge in [0.05, 0.1) is 11.8 Å². The van der Waals surface area contributed by atoms with E-state index in [1.54, 1.807) is 6.07 Å². The molecule has 0 bridgehead atoms. The van der Waals surface area contributed by atoms with E-state index in [1.807, 2.05) is 0 Å². The van der Waals surface area contributed by atoms with E-state index < -0.39 is 10.0 Å². The van der Waals surface area contributed by atoms with Gasteiger partial charge < -0.3 is 5.32 Å². The first-order chi connectivity index (χ1) is 10.3. The lowest BCUT2D eigenvalue weighted by Crippen LogP contribution is -2.34. The van der Waals surface area contributed by atoms with Gasteiger partial charge in [-0.2, -0.15) is 0 Å². The fourth-order valence-corrected chi connectivity index (χ4v) is 3.40. The van der Waals surface area contributed by atoms with Crippen LogP contribution in [0.2, 0.25) is 0 Å². The first kappa shape index (κ1) is 16.9. The van der Waals surface area contributed by atoms with E-state index in [1.165, 1.54) is 26.2 Å². The van der Waals surface area contributed by atoms with Gasteiger partial charge in [-0.1, -0.05) is 6.07 Å². The Kier molecular flexibility index (Phi) is 5.18. The van der Waals surface area contributed by atoms with Crippen LogP contribution < -0.4 is 5.32 Å². The number of amides is 1. The Morgan fingerprint density at radius 3 is 2.82 bits per heavy atom. The van der Waals surface area contributed by atoms with E-state index in [9.17, 15) is 17.6 Å². The first-order valence-electron chi connectivity index (χ1n) is 7.27. The van der Waals surface area contributed by atoms with Crippen molar-refractivity contribution < 1.29 is 17.6 Å². The molecule has 1 amide bonds. The van der Waals surface area contributed by atoms with E-state index in [0.717, 1.165) is 34.7 Å². The molecule has 0 aromatic heterocycles. The number of nitrogens with one attached hydrogen (secondary N) is 1. The maximum atomic E-state index is 13.4. The number of nitrogens with zero attached hydrogens (tertiary/aromatic N) is 1. The van der Waals surface area contributed by atoms with Crippen LogP contribution in [0.3, 0.4) is 0 Å². The largest absolute Gasteiger partial charge is 0.349 e. The van der Waals surface area contributed by atoms with Crippen molar-refractivity contribution in [2.45, 2.75) is 31.7 Å². The van der Waals surface area contributed by atoms with Crippen LogP contribution in [-0.4, -0.2) is 38.5 Å². The number of halogens is 1. The average molecular weight is 328 g/mol. The highest BCUT2D eigenvalue weighted by molar-refractivity contribution is 7.89. The molecule has 0 fully saturated rings. The number of benzene rings is 1. The molecule has 1 aromatic rings. The minimum Gasteiger partial charge on any atom is -0.349 e. The first-order valence-corrected chi connectivity index (χ1v) is 8.88. The molecule has 1 atom stereocenters. The number of carbonyl (C=O) groups is 1. The summed E-state index contributed by atoms with van der Waals surface area (Å²) in [5.41, 5.74) is 1.84. The van der Waals surface area contributed by atoms with Crippen LogP contribution >= 0.6 is 0 Å². The zero-order valence-electron chi connectivity index (χ0n) is 12.8. The summed E-state index contributed by atoms with van der Waals surface area (Å²) in [4.78, 5) is 12.0. The van der Waals surface area contributed by atoms with Gasteiger partial charge in [-0.3, -0.25) is 4.79 Å². The molecule has 0 radical (unpaired) electrons. The molecule has 122 valence electrons. The number of aryl methyl sites for hydroxylation is 1. The van der Waals surface area contributed by atoms with E-state index in [0.29, 0.717) is 0 Å². The number of sulfonamides is 1. The van der Waals surface area contributed by atoms with Crippen LogP contribution in [0.4, 0.5) is 4.39 Å². The Bertz CT molecular complexity index is 659. The highest BCUT2D eigenvalue weighted by atomic mass is 32.2. The zero-order chi connectivity index (χ0) is 16.3. The van der Waals surface area contributed by atoms with Crippen LogP contribution in [0.1, 0.15) is 36.4 Å². The third kappa shape index (κ3) is 4.04. The highest BCUT2D eigenvalue weighted by Crippen LogP contribution is 2.30. The lowest BCUT2D eigenvalue weighted by atomic mass is 9.87. The smallest absolute Gasteiger partial charge is 0.221 e. The quantitative estimate of drug-likeness (QED) is 0.893. The molecule has 0 saturated carbocycles. The Morgan fingerprint density at radius 1 is 1.41 bits per heavy atom. The third-order valence-electron chi connectivity index (χ3n) is 3.90. The van der Waals surface area contributed by atoms with E-state index in [-0.39, 0.29) is 29.9 Å². The van der Waals surface area contributed by atoms with Crippen LogP contribution in [0.5, 0.6) is 0 Å². The summed E-state index contributed by atoms with van der Waals surface area (Å²) in [7, 11) is -0.513. The molecule has 1 N–H and O–H groups in total. The molecule has 7 heteroatoms. The molecule has 0 spiro atoms. The number of carbonyl (C=O) groups excluding carboxylic acids is 1. The Hall–Kier alpha value is -1.47. The molecule has 2 rings (SSSR count). The molecule has 22 heavy (non-hydrogen) atoms. The zero-order valence-corrected chi connectivity index (χ0v) is 13.6. The second kappa shape index (κ2) is 6.75. The van der Waals surface area contributed by atoms with Gasteiger partial charge in [-0.05, 0) is 42.5 Å². The van der Waals surface area contributed by atoms with Gasteiger partial charge >= 0.3 is 0 Å². The number of fused-ring (bicyclic) bond motifs is 1. The molecule has 5 nitrogen and oxygen atoms in total. The summed E-state index contributed by atoms with van der Waals surface area (Å²) in [5.74, 6) is -0.878. The van der Waals surface area contributed by atoms with E-state index in [4.69, 9.17) is 0 Å². The van der Waals surface area contributed by atoms with E-state index in [2.05, 4.69) is 5.32 Å². The van der Waals surface area contributed by atoms with Crippen molar-refractivity contribution >= 4 is 15.9 Å². The van der Waals surface area contributed by atoms with Crippen molar-refractivity contribution in [1.29, 1.82) is 0 Å². The monoisotopic (exact) mass is 328 g/mol. The number of rotatable bonds is 5. The van der Waals surface area contributed by atoms with Crippen molar-refractivity contribution in [2.24, 2.45) is 0 Å². The Morgan fingerprint density at radius 2 is 2.14 bits per heavy atom. The molecular weight excluding hydrogens is 307 g/mol. The third-order valence-corrected chi connectivity index (χ3v) is 5.73. The van der Waals surface area contributed by atoms with Crippen LogP contribution in [0.15, 0.2) is 18.2 Å². The molecule has 1 aromatic carbocycles. The van der Waals surface area contributed by atoms with Crippen molar-refractivity contribution in [1.82, 2.24) is 9.62 Å². The topological polar surface area (TPSA) is 66.5 Å². The summed E-state index contributed by atoms with van der Waals surface area (Å²) < 4.78 is 37.8. The fraction of sp³-hybridized carbons (Fsp3) is 0.533. The second-order valence-electron chi connectivity index (χ2n) is 5.70. The molecule has 1 aliphatic rings. The van der Waals surface area contributed by atoms with Gasteiger partial charge in [0.1, 0.15) is 5.82 Å². The minimum atomic E-state index is -3.39. The van der Waals surface area contributed by atoms with Gasteiger partial charge in [-0.15, -0.1) is 0 Å². The van der Waals surface area contributed by atoms with Crippen LogP contribution in [0, 0.1) is 5.82 Å². The lowest BCUT2D eigenvalue weighted by Gasteiger charge is -2.26. The summed E-state index contributed by atoms with van der Waals surface area (Å²) >= 11 is 0. The fourth-order valence-electron chi connectivity index (χ4n) is 2.59. The van der Waals surface area contributed by atoms with Gasteiger partial charge in [0.15, 0.2) is 0 Å². The number of hydrogen-bond donors (Lipinski definition) is 1. The van der Waals surface area contributed by atoms with Gasteiger partial charge in [0.2, 0.25) is 15.9 Å². The Balaban J connectivity index is 2.00. The lowest BCUT2D eigenvalue weighted by molar-refractivity contribution is -0.121. The standard InChI is InChI=1S/C15H21FN2O3S/c1-18(2)22(20,21)9-8-15(19)17-14-5-3-4-11-6-7-12(16)10-13(11)14/h6-7,10,14H,3-5,8-9H2,1-2H3,(H,17,19). The summed E-state index contributed by atoms with van der Waals surface area (Å²) in [5, 5.41) is 2.83. The molecule has 1 unspecified atom stereocenters. The maximum absolute atomic E-state index is 13.4. The van der Waals surface area contributed by atoms with Gasteiger partial charge in [0, 0.05) is 20.5 Å². The predicted molar refractivity (Wildman–Crippen MR) is 82.3 cm³/mol. The van der Waals surface area contributed by atoms with Crippen molar-refractivity contribution in [3.8, 4) is 0 Å². The van der Waals surface area contributed by atoms with Crippen LogP contribution in [0.25, 0.3) is 0 Å². The molecule has 1 aliphatic carbocycles. The summed E-state index contributed by atoms with van der Waals surface area (Å²) in [6.07, 6.45) is 2.43. The normalized spacial score (nSPS) is 18.1. The number of hydrogen-bond acceptors (Lipinski definition) is 3. The van der Waals surface area contributed by atoms with E-state index >= 15 is 0 Å². The summed E-state index contributed by atoms with van der Waals surface area (Å²) in [6.45, 7) is 0. The molecule has 0 aliphatic heterocycles.